The number of methoxy groups -OCH3 is 2. The zero-order valence-corrected chi connectivity index (χ0v) is 19.8. The molecule has 2 aromatic rings. The third kappa shape index (κ3) is 6.62. The molecule has 2 amide bonds. The van der Waals surface area contributed by atoms with Crippen molar-refractivity contribution in [3.05, 3.63) is 47.5 Å². The molecule has 186 valence electrons. The van der Waals surface area contributed by atoms with Gasteiger partial charge in [0.05, 0.1) is 20.4 Å². The number of carbonyl (C=O) groups excluding carboxylic acids is 3. The molecular formula is C24H27N3O8. The van der Waals surface area contributed by atoms with Crippen LogP contribution in [0.3, 0.4) is 0 Å². The molecule has 0 aromatic heterocycles. The van der Waals surface area contributed by atoms with Gasteiger partial charge in [0.15, 0.2) is 29.6 Å². The van der Waals surface area contributed by atoms with Gasteiger partial charge in [0.25, 0.3) is 11.8 Å². The summed E-state index contributed by atoms with van der Waals surface area (Å²) in [6, 6.07) is 8.89. The highest BCUT2D eigenvalue weighted by Gasteiger charge is 2.25. The number of amides is 2. The van der Waals surface area contributed by atoms with Crippen molar-refractivity contribution >= 4 is 24.0 Å². The highest BCUT2D eigenvalue weighted by Crippen LogP contribution is 2.32. The summed E-state index contributed by atoms with van der Waals surface area (Å²) in [5.74, 6) is 0.146. The first-order chi connectivity index (χ1) is 16.8. The van der Waals surface area contributed by atoms with Gasteiger partial charge in [-0.15, -0.1) is 0 Å². The molecule has 11 nitrogen and oxygen atoms in total. The molecule has 1 aliphatic heterocycles. The second kappa shape index (κ2) is 11.7. The van der Waals surface area contributed by atoms with Crippen LogP contribution in [-0.4, -0.2) is 57.7 Å². The molecule has 0 spiro atoms. The van der Waals surface area contributed by atoms with E-state index in [-0.39, 0.29) is 19.3 Å². The summed E-state index contributed by atoms with van der Waals surface area (Å²) in [7, 11) is 2.72. The predicted molar refractivity (Wildman–Crippen MR) is 125 cm³/mol. The SMILES string of the molecule is COC(=O)COc1ccc(C=NNC(=O)C(NC(=O)c2ccc3c(c2)OCO3)C(C)C)cc1OC. The molecule has 0 saturated heterocycles. The number of carbonyl (C=O) groups is 3. The van der Waals surface area contributed by atoms with Crippen LogP contribution in [0.1, 0.15) is 29.8 Å². The largest absolute Gasteiger partial charge is 0.493 e. The third-order valence-corrected chi connectivity index (χ3v) is 5.02. The zero-order valence-electron chi connectivity index (χ0n) is 19.8. The van der Waals surface area contributed by atoms with Crippen molar-refractivity contribution in [2.45, 2.75) is 19.9 Å². The molecule has 0 radical (unpaired) electrons. The van der Waals surface area contributed by atoms with Gasteiger partial charge in [-0.2, -0.15) is 5.10 Å². The van der Waals surface area contributed by atoms with E-state index in [4.69, 9.17) is 18.9 Å². The molecule has 1 atom stereocenters. The van der Waals surface area contributed by atoms with Crippen LogP contribution in [-0.2, 0) is 14.3 Å². The minimum absolute atomic E-state index is 0.102. The van der Waals surface area contributed by atoms with Crippen LogP contribution in [0.4, 0.5) is 0 Å². The maximum Gasteiger partial charge on any atom is 0.343 e. The second-order valence-electron chi connectivity index (χ2n) is 7.77. The number of hydrogen-bond acceptors (Lipinski definition) is 9. The van der Waals surface area contributed by atoms with Crippen LogP contribution in [0.25, 0.3) is 0 Å². The van der Waals surface area contributed by atoms with Gasteiger partial charge in [0.2, 0.25) is 6.79 Å². The van der Waals surface area contributed by atoms with E-state index in [1.54, 1.807) is 36.4 Å². The number of hydrazone groups is 1. The number of ether oxygens (including phenoxy) is 5. The molecule has 11 heteroatoms. The van der Waals surface area contributed by atoms with Gasteiger partial charge in [-0.05, 0) is 47.9 Å². The lowest BCUT2D eigenvalue weighted by atomic mass is 10.0. The van der Waals surface area contributed by atoms with Crippen molar-refractivity contribution in [1.82, 2.24) is 10.7 Å². The van der Waals surface area contributed by atoms with Crippen LogP contribution in [0.2, 0.25) is 0 Å². The van der Waals surface area contributed by atoms with Gasteiger partial charge in [0, 0.05) is 5.56 Å². The fourth-order valence-electron chi connectivity index (χ4n) is 3.12. The van der Waals surface area contributed by atoms with Crippen LogP contribution >= 0.6 is 0 Å². The summed E-state index contributed by atoms with van der Waals surface area (Å²) in [6.07, 6.45) is 1.42. The quantitative estimate of drug-likeness (QED) is 0.296. The number of hydrogen-bond donors (Lipinski definition) is 2. The number of rotatable bonds is 10. The van der Waals surface area contributed by atoms with Gasteiger partial charge in [0.1, 0.15) is 6.04 Å². The minimum Gasteiger partial charge on any atom is -0.493 e. The topological polar surface area (TPSA) is 134 Å². The second-order valence-corrected chi connectivity index (χ2v) is 7.77. The summed E-state index contributed by atoms with van der Waals surface area (Å²) in [5, 5.41) is 6.71. The Balaban J connectivity index is 1.61. The molecular weight excluding hydrogens is 458 g/mol. The van der Waals surface area contributed by atoms with Gasteiger partial charge in [-0.25, -0.2) is 10.2 Å². The van der Waals surface area contributed by atoms with E-state index in [1.165, 1.54) is 20.4 Å². The van der Waals surface area contributed by atoms with Gasteiger partial charge < -0.3 is 29.0 Å². The molecule has 0 saturated carbocycles. The van der Waals surface area contributed by atoms with Crippen LogP contribution in [0.15, 0.2) is 41.5 Å². The molecule has 35 heavy (non-hydrogen) atoms. The Morgan fingerprint density at radius 2 is 1.83 bits per heavy atom. The summed E-state index contributed by atoms with van der Waals surface area (Å²) >= 11 is 0. The number of fused-ring (bicyclic) bond motifs is 1. The zero-order chi connectivity index (χ0) is 25.4. The lowest BCUT2D eigenvalue weighted by Gasteiger charge is -2.20. The molecule has 2 aromatic carbocycles. The summed E-state index contributed by atoms with van der Waals surface area (Å²) in [4.78, 5) is 36.7. The highest BCUT2D eigenvalue weighted by molar-refractivity contribution is 5.98. The highest BCUT2D eigenvalue weighted by atomic mass is 16.7. The van der Waals surface area contributed by atoms with E-state index >= 15 is 0 Å². The molecule has 0 bridgehead atoms. The lowest BCUT2D eigenvalue weighted by Crippen LogP contribution is -2.48. The normalized spacial score (nSPS) is 12.8. The first-order valence-corrected chi connectivity index (χ1v) is 10.7. The molecule has 0 fully saturated rings. The first-order valence-electron chi connectivity index (χ1n) is 10.7. The maximum absolute atomic E-state index is 12.7. The third-order valence-electron chi connectivity index (χ3n) is 5.02. The first kappa shape index (κ1) is 25.3. The van der Waals surface area contributed by atoms with E-state index in [0.29, 0.717) is 34.1 Å². The van der Waals surface area contributed by atoms with Crippen molar-refractivity contribution in [2.75, 3.05) is 27.6 Å². The van der Waals surface area contributed by atoms with Crippen LogP contribution in [0.5, 0.6) is 23.0 Å². The van der Waals surface area contributed by atoms with E-state index < -0.39 is 23.8 Å². The number of nitrogens with one attached hydrogen (secondary N) is 2. The van der Waals surface area contributed by atoms with Crippen LogP contribution in [0, 0.1) is 5.92 Å². The van der Waals surface area contributed by atoms with E-state index in [0.717, 1.165) is 0 Å². The monoisotopic (exact) mass is 485 g/mol. The summed E-state index contributed by atoms with van der Waals surface area (Å²) < 4.78 is 25.7. The van der Waals surface area contributed by atoms with Crippen molar-refractivity contribution < 1.29 is 38.1 Å². The van der Waals surface area contributed by atoms with Crippen molar-refractivity contribution in [2.24, 2.45) is 11.0 Å². The van der Waals surface area contributed by atoms with Gasteiger partial charge in [-0.3, -0.25) is 9.59 Å². The van der Waals surface area contributed by atoms with Gasteiger partial charge in [-0.1, -0.05) is 13.8 Å². The Morgan fingerprint density at radius 1 is 1.06 bits per heavy atom. The number of esters is 1. The summed E-state index contributed by atoms with van der Waals surface area (Å²) in [5.41, 5.74) is 3.40. The Hall–Kier alpha value is -4.28. The molecule has 3 rings (SSSR count). The number of nitrogens with zero attached hydrogens (tertiary/aromatic N) is 1. The molecule has 1 aliphatic rings. The predicted octanol–water partition coefficient (Wildman–Crippen LogP) is 1.88. The summed E-state index contributed by atoms with van der Waals surface area (Å²) in [6.45, 7) is 3.47. The Labute approximate surface area is 202 Å². The molecule has 0 aliphatic carbocycles. The smallest absolute Gasteiger partial charge is 0.343 e. The average Bonchev–Trinajstić information content (AvgIpc) is 3.33. The molecule has 1 unspecified atom stereocenters. The lowest BCUT2D eigenvalue weighted by molar-refractivity contribution is -0.142. The fraction of sp³-hybridized carbons (Fsp3) is 0.333. The molecule has 2 N–H and O–H groups in total. The molecule has 1 heterocycles. The van der Waals surface area contributed by atoms with Crippen molar-refractivity contribution in [3.8, 4) is 23.0 Å². The Morgan fingerprint density at radius 3 is 2.54 bits per heavy atom. The van der Waals surface area contributed by atoms with Crippen LogP contribution < -0.4 is 29.7 Å². The minimum atomic E-state index is -0.825. The van der Waals surface area contributed by atoms with E-state index in [9.17, 15) is 14.4 Å². The Kier molecular flexibility index (Phi) is 8.49. The van der Waals surface area contributed by atoms with Gasteiger partial charge >= 0.3 is 5.97 Å². The standard InChI is InChI=1S/C24H27N3O8/c1-14(2)22(26-23(29)16-6-8-18-20(10-16)35-13-34-18)24(30)27-25-11-15-5-7-17(19(9-15)31-3)33-12-21(28)32-4/h5-11,14,22H,12-13H2,1-4H3,(H,26,29)(H,27,30). The maximum atomic E-state index is 12.7. The fourth-order valence-corrected chi connectivity index (χ4v) is 3.12. The Bertz CT molecular complexity index is 1120. The van der Waals surface area contributed by atoms with E-state index in [1.807, 2.05) is 13.8 Å². The average molecular weight is 485 g/mol. The van der Waals surface area contributed by atoms with Crippen molar-refractivity contribution in [1.29, 1.82) is 0 Å². The van der Waals surface area contributed by atoms with Crippen molar-refractivity contribution in [3.63, 3.8) is 0 Å². The van der Waals surface area contributed by atoms with E-state index in [2.05, 4.69) is 20.6 Å². The number of benzene rings is 2.